The smallest absolute Gasteiger partial charge is 0.328 e. The standard InChI is InChI=1S/C11H10ClN5O3/c1-6-3-4-7(17(18)19)5-8(6)20-11-15-9(12)14-10(13-2)16-11/h3-5H,1-2H3,(H,13,14,15,16). The van der Waals surface area contributed by atoms with Gasteiger partial charge in [-0.15, -0.1) is 0 Å². The summed E-state index contributed by atoms with van der Waals surface area (Å²) in [4.78, 5) is 21.8. The second-order valence-electron chi connectivity index (χ2n) is 3.77. The first kappa shape index (κ1) is 13.9. The molecule has 0 saturated carbocycles. The molecule has 9 heteroatoms. The number of aryl methyl sites for hydroxylation is 1. The number of nitrogens with zero attached hydrogens (tertiary/aromatic N) is 4. The zero-order valence-electron chi connectivity index (χ0n) is 10.6. The molecule has 0 aliphatic rings. The van der Waals surface area contributed by atoms with Gasteiger partial charge < -0.3 is 10.1 Å². The Labute approximate surface area is 118 Å². The van der Waals surface area contributed by atoms with E-state index in [0.717, 1.165) is 0 Å². The number of hydrogen-bond acceptors (Lipinski definition) is 7. The molecule has 1 N–H and O–H groups in total. The van der Waals surface area contributed by atoms with Crippen molar-refractivity contribution >= 4 is 23.2 Å². The fourth-order valence-corrected chi connectivity index (χ4v) is 1.55. The van der Waals surface area contributed by atoms with Crippen LogP contribution in [0.15, 0.2) is 18.2 Å². The van der Waals surface area contributed by atoms with Crippen LogP contribution in [0.3, 0.4) is 0 Å². The molecule has 0 radical (unpaired) electrons. The molecular weight excluding hydrogens is 286 g/mol. The van der Waals surface area contributed by atoms with Crippen LogP contribution in [0.25, 0.3) is 0 Å². The van der Waals surface area contributed by atoms with Gasteiger partial charge in [-0.1, -0.05) is 0 Å². The van der Waals surface area contributed by atoms with E-state index in [1.54, 1.807) is 20.0 Å². The van der Waals surface area contributed by atoms with Crippen LogP contribution in [0.5, 0.6) is 11.8 Å². The van der Waals surface area contributed by atoms with Crippen molar-refractivity contribution in [2.45, 2.75) is 6.92 Å². The summed E-state index contributed by atoms with van der Waals surface area (Å²) in [5.41, 5.74) is 0.623. The van der Waals surface area contributed by atoms with Crippen molar-refractivity contribution in [2.24, 2.45) is 0 Å². The molecular formula is C11H10ClN5O3. The lowest BCUT2D eigenvalue weighted by Crippen LogP contribution is -2.02. The van der Waals surface area contributed by atoms with E-state index >= 15 is 0 Å². The Morgan fingerprint density at radius 2 is 2.10 bits per heavy atom. The van der Waals surface area contributed by atoms with Crippen molar-refractivity contribution < 1.29 is 9.66 Å². The molecule has 0 aliphatic heterocycles. The zero-order chi connectivity index (χ0) is 14.7. The number of benzene rings is 1. The molecule has 0 aliphatic carbocycles. The minimum atomic E-state index is -0.508. The quantitative estimate of drug-likeness (QED) is 0.683. The normalized spacial score (nSPS) is 10.2. The molecule has 1 aromatic carbocycles. The fourth-order valence-electron chi connectivity index (χ4n) is 1.40. The van der Waals surface area contributed by atoms with Crippen LogP contribution in [0.2, 0.25) is 5.28 Å². The minimum Gasteiger partial charge on any atom is -0.424 e. The molecule has 8 nitrogen and oxygen atoms in total. The maximum Gasteiger partial charge on any atom is 0.328 e. The molecule has 0 bridgehead atoms. The van der Waals surface area contributed by atoms with E-state index in [-0.39, 0.29) is 28.7 Å². The molecule has 0 unspecified atom stereocenters. The van der Waals surface area contributed by atoms with Gasteiger partial charge in [0.2, 0.25) is 11.2 Å². The molecule has 2 rings (SSSR count). The van der Waals surface area contributed by atoms with Gasteiger partial charge in [0.1, 0.15) is 5.75 Å². The molecule has 0 saturated heterocycles. The molecule has 1 aromatic heterocycles. The van der Waals surface area contributed by atoms with E-state index in [0.29, 0.717) is 5.56 Å². The summed E-state index contributed by atoms with van der Waals surface area (Å²) in [7, 11) is 1.62. The maximum atomic E-state index is 10.7. The molecule has 2 aromatic rings. The van der Waals surface area contributed by atoms with E-state index in [2.05, 4.69) is 20.3 Å². The number of aromatic nitrogens is 3. The van der Waals surface area contributed by atoms with Crippen molar-refractivity contribution in [3.05, 3.63) is 39.2 Å². The van der Waals surface area contributed by atoms with Crippen molar-refractivity contribution in [1.29, 1.82) is 0 Å². The monoisotopic (exact) mass is 295 g/mol. The van der Waals surface area contributed by atoms with Crippen molar-refractivity contribution in [1.82, 2.24) is 15.0 Å². The van der Waals surface area contributed by atoms with Crippen LogP contribution in [-0.2, 0) is 0 Å². The predicted octanol–water partition coefficient (Wildman–Crippen LogP) is 2.58. The van der Waals surface area contributed by atoms with Gasteiger partial charge >= 0.3 is 6.01 Å². The number of anilines is 1. The summed E-state index contributed by atoms with van der Waals surface area (Å²) < 4.78 is 5.43. The van der Waals surface area contributed by atoms with Crippen LogP contribution in [0.1, 0.15) is 5.56 Å². The summed E-state index contributed by atoms with van der Waals surface area (Å²) in [6.45, 7) is 1.75. The number of nitro benzene ring substituents is 1. The van der Waals surface area contributed by atoms with Gasteiger partial charge in [-0.25, -0.2) is 0 Å². The van der Waals surface area contributed by atoms with E-state index < -0.39 is 4.92 Å². The highest BCUT2D eigenvalue weighted by Crippen LogP contribution is 2.27. The average molecular weight is 296 g/mol. The number of ether oxygens (including phenoxy) is 1. The Hall–Kier alpha value is -2.48. The van der Waals surface area contributed by atoms with Crippen LogP contribution < -0.4 is 10.1 Å². The first-order valence-electron chi connectivity index (χ1n) is 5.52. The van der Waals surface area contributed by atoms with Crippen LogP contribution in [-0.4, -0.2) is 26.9 Å². The highest BCUT2D eigenvalue weighted by molar-refractivity contribution is 6.28. The van der Waals surface area contributed by atoms with Gasteiger partial charge in [0.25, 0.3) is 5.69 Å². The van der Waals surface area contributed by atoms with Gasteiger partial charge in [-0.3, -0.25) is 10.1 Å². The highest BCUT2D eigenvalue weighted by atomic mass is 35.5. The lowest BCUT2D eigenvalue weighted by molar-refractivity contribution is -0.384. The highest BCUT2D eigenvalue weighted by Gasteiger charge is 2.12. The predicted molar refractivity (Wildman–Crippen MR) is 72.3 cm³/mol. The number of halogens is 1. The second kappa shape index (κ2) is 5.66. The Bertz CT molecular complexity index is 665. The lowest BCUT2D eigenvalue weighted by Gasteiger charge is -2.07. The van der Waals surface area contributed by atoms with Gasteiger partial charge in [-0.05, 0) is 30.2 Å². The second-order valence-corrected chi connectivity index (χ2v) is 4.11. The third-order valence-corrected chi connectivity index (χ3v) is 2.56. The Morgan fingerprint density at radius 3 is 2.75 bits per heavy atom. The maximum absolute atomic E-state index is 10.7. The third kappa shape index (κ3) is 3.09. The van der Waals surface area contributed by atoms with E-state index in [9.17, 15) is 10.1 Å². The van der Waals surface area contributed by atoms with Crippen molar-refractivity contribution in [3.8, 4) is 11.8 Å². The third-order valence-electron chi connectivity index (χ3n) is 2.40. The number of nitrogens with one attached hydrogen (secondary N) is 1. The van der Waals surface area contributed by atoms with Gasteiger partial charge in [-0.2, -0.15) is 15.0 Å². The van der Waals surface area contributed by atoms with Crippen molar-refractivity contribution in [2.75, 3.05) is 12.4 Å². The number of nitro groups is 1. The first-order valence-corrected chi connectivity index (χ1v) is 5.89. The Balaban J connectivity index is 2.36. The SMILES string of the molecule is CNc1nc(Cl)nc(Oc2cc([N+](=O)[O-])ccc2C)n1. The molecule has 104 valence electrons. The summed E-state index contributed by atoms with van der Waals surface area (Å²) in [5.74, 6) is 0.520. The number of non-ortho nitro benzene ring substituents is 1. The fraction of sp³-hybridized carbons (Fsp3) is 0.182. The largest absolute Gasteiger partial charge is 0.424 e. The van der Waals surface area contributed by atoms with Crippen LogP contribution in [0, 0.1) is 17.0 Å². The van der Waals surface area contributed by atoms with Crippen molar-refractivity contribution in [3.63, 3.8) is 0 Å². The number of hydrogen-bond donors (Lipinski definition) is 1. The lowest BCUT2D eigenvalue weighted by atomic mass is 10.2. The van der Waals surface area contributed by atoms with Gasteiger partial charge in [0, 0.05) is 13.1 Å². The summed E-state index contributed by atoms with van der Waals surface area (Å²) >= 11 is 5.73. The van der Waals surface area contributed by atoms with E-state index in [1.165, 1.54) is 12.1 Å². The topological polar surface area (TPSA) is 103 Å². The van der Waals surface area contributed by atoms with Gasteiger partial charge in [0.15, 0.2) is 0 Å². The van der Waals surface area contributed by atoms with Crippen LogP contribution in [0.4, 0.5) is 11.6 Å². The van der Waals surface area contributed by atoms with Gasteiger partial charge in [0.05, 0.1) is 11.0 Å². The molecule has 0 atom stereocenters. The molecule has 0 amide bonds. The summed E-state index contributed by atoms with van der Waals surface area (Å²) in [6, 6.07) is 4.22. The Kier molecular flexibility index (Phi) is 3.94. The molecule has 20 heavy (non-hydrogen) atoms. The van der Waals surface area contributed by atoms with E-state index in [1.807, 2.05) is 0 Å². The molecule has 0 fully saturated rings. The average Bonchev–Trinajstić information content (AvgIpc) is 2.40. The summed E-state index contributed by atoms with van der Waals surface area (Å²) in [6.07, 6.45) is 0. The zero-order valence-corrected chi connectivity index (χ0v) is 11.4. The number of rotatable bonds is 4. The molecule has 0 spiro atoms. The van der Waals surface area contributed by atoms with E-state index in [4.69, 9.17) is 16.3 Å². The Morgan fingerprint density at radius 1 is 1.35 bits per heavy atom. The summed E-state index contributed by atoms with van der Waals surface area (Å²) in [5, 5.41) is 13.4. The first-order chi connectivity index (χ1) is 9.49. The molecule has 1 heterocycles. The van der Waals surface area contributed by atoms with Crippen LogP contribution >= 0.6 is 11.6 Å². The minimum absolute atomic E-state index is 0.0394.